The van der Waals surface area contributed by atoms with E-state index < -0.39 is 116 Å². The van der Waals surface area contributed by atoms with Gasteiger partial charge in [-0.1, -0.05) is 136 Å². The van der Waals surface area contributed by atoms with Gasteiger partial charge >= 0.3 is 30.2 Å². The topological polar surface area (TPSA) is 330 Å². The Kier molecular flexibility index (Phi) is 32.8. The van der Waals surface area contributed by atoms with Gasteiger partial charge in [0.05, 0.1) is 25.7 Å². The first kappa shape index (κ1) is 71.0. The van der Waals surface area contributed by atoms with Gasteiger partial charge in [-0.3, -0.25) is 14.4 Å². The molecule has 3 aromatic carbocycles. The number of hydrogen-bond acceptors (Lipinski definition) is 20. The zero-order chi connectivity index (χ0) is 63.3. The van der Waals surface area contributed by atoms with Crippen LogP contribution in [0, 0.1) is 0 Å². The molecule has 1 saturated carbocycles. The molecular weight excluding hydrogens is 1150 g/mol. The molecule has 26 heteroatoms. The summed E-state index contributed by atoms with van der Waals surface area (Å²) < 4.78 is 73.0. The summed E-state index contributed by atoms with van der Waals surface area (Å²) in [4.78, 5) is 83.0. The lowest BCUT2D eigenvalue weighted by atomic mass is 9.80. The van der Waals surface area contributed by atoms with Crippen LogP contribution in [-0.2, 0) is 91.0 Å². The fourth-order valence-electron chi connectivity index (χ4n) is 9.20. The van der Waals surface area contributed by atoms with Crippen molar-refractivity contribution in [1.82, 2.24) is 21.3 Å². The summed E-state index contributed by atoms with van der Waals surface area (Å²) in [7, 11) is 0. The number of benzene rings is 3. The van der Waals surface area contributed by atoms with Gasteiger partial charge in [-0.05, 0) is 60.4 Å². The summed E-state index contributed by atoms with van der Waals surface area (Å²) in [6.07, 6.45) is -9.10. The highest BCUT2D eigenvalue weighted by molar-refractivity contribution is 5.81. The Morgan fingerprint density at radius 2 is 1.26 bits per heavy atom. The van der Waals surface area contributed by atoms with Gasteiger partial charge in [0.15, 0.2) is 12.4 Å². The van der Waals surface area contributed by atoms with E-state index in [1.165, 1.54) is 0 Å². The third kappa shape index (κ3) is 26.3. The van der Waals surface area contributed by atoms with Crippen LogP contribution in [0.3, 0.4) is 0 Å². The van der Waals surface area contributed by atoms with E-state index in [9.17, 15) is 34.6 Å². The maximum absolute atomic E-state index is 15.1. The average molecular weight is 1230 g/mol. The minimum absolute atomic E-state index is 0.00160. The van der Waals surface area contributed by atoms with Crippen LogP contribution in [0.4, 0.5) is 14.4 Å². The molecule has 2 aliphatic rings. The van der Waals surface area contributed by atoms with Crippen molar-refractivity contribution in [2.75, 3.05) is 52.7 Å². The fraction of sp³-hybridized carbons (Fsp3) is 0.581. The Morgan fingerprint density at radius 3 is 1.85 bits per heavy atom. The standard InChI is InChI=1S/C62H87N7O19/c1-6-9-32-77-41-52(86-50(40-80-42(4)70)49(36-66-69-63)84-43(5)71)88-57-53(67-59(73)48(78-33-10-7-2)30-31-64-60(74)81-37-44-22-15-12-16-23-44)56(79-34-11-8-3)54(68-62(76)83-39-46-26-19-14-20-27-46)58(55(57)72)87-51-29-21-28-47(85-51)35-65-61(75)82-38-45-24-17-13-18-25-45/h12-20,22-27,29,47-50,52-58,72H,6-11,21,28,30-41H2,1-5H3,(H,64,74)(H,65,75)(H,67,73)(H,68,76)/t47?,48-,49-,50?,52+,53?,54-,55?,56?,57-,58?/m0/s1. The fourth-order valence-corrected chi connectivity index (χ4v) is 9.20. The van der Waals surface area contributed by atoms with Crippen molar-refractivity contribution in [1.29, 1.82) is 0 Å². The van der Waals surface area contributed by atoms with Crippen LogP contribution >= 0.6 is 0 Å². The van der Waals surface area contributed by atoms with E-state index in [1.807, 2.05) is 87.5 Å². The van der Waals surface area contributed by atoms with Crippen LogP contribution in [0.15, 0.2) is 108 Å². The van der Waals surface area contributed by atoms with Crippen LogP contribution in [-0.4, -0.2) is 161 Å². The first-order chi connectivity index (χ1) is 42.7. The summed E-state index contributed by atoms with van der Waals surface area (Å²) >= 11 is 0. The molecule has 0 bridgehead atoms. The van der Waals surface area contributed by atoms with Gasteiger partial charge in [-0.2, -0.15) is 0 Å². The molecule has 0 saturated heterocycles. The number of azide groups is 1. The molecule has 5 N–H and O–H groups in total. The number of carbonyl (C=O) groups is 6. The SMILES string of the molecule is CCCCOC[C@H](OC(COC(C)=O)[C@H](CN=[N+]=[N-])OC(C)=O)O[C@@H]1C(O)C(OC2=CCCC(CNC(=O)OCc3ccccc3)O2)[C@@H](NC(=O)OCc2ccccc2)C(OCCCC)C1NC(=O)[C@H](CCNC(=O)OCc1ccccc1)OCCCC. The summed E-state index contributed by atoms with van der Waals surface area (Å²) in [5, 5.41) is 28.1. The molecule has 484 valence electrons. The van der Waals surface area contributed by atoms with Crippen molar-refractivity contribution in [3.05, 3.63) is 130 Å². The normalized spacial score (nSPS) is 20.1. The molecule has 1 heterocycles. The molecule has 6 unspecified atom stereocenters. The zero-order valence-electron chi connectivity index (χ0n) is 50.9. The smallest absolute Gasteiger partial charge is 0.407 e. The molecule has 5 rings (SSSR count). The number of carbonyl (C=O) groups excluding carboxylic acids is 6. The predicted molar refractivity (Wildman–Crippen MR) is 317 cm³/mol. The van der Waals surface area contributed by atoms with Gasteiger partial charge < -0.3 is 83.2 Å². The number of allylic oxidation sites excluding steroid dienone is 1. The van der Waals surface area contributed by atoms with Crippen molar-refractivity contribution >= 4 is 36.1 Å². The Labute approximate surface area is 513 Å². The summed E-state index contributed by atoms with van der Waals surface area (Å²) in [5.74, 6) is -2.36. The van der Waals surface area contributed by atoms with Gasteiger partial charge in [0.1, 0.15) is 75.2 Å². The molecule has 0 aromatic heterocycles. The number of amides is 4. The largest absolute Gasteiger partial charge is 0.463 e. The van der Waals surface area contributed by atoms with Gasteiger partial charge in [-0.15, -0.1) is 0 Å². The second-order valence-corrected chi connectivity index (χ2v) is 20.8. The second-order valence-electron chi connectivity index (χ2n) is 20.8. The highest BCUT2D eigenvalue weighted by atomic mass is 16.7. The van der Waals surface area contributed by atoms with Gasteiger partial charge in [0.25, 0.3) is 5.95 Å². The first-order valence-electron chi connectivity index (χ1n) is 30.0. The second kappa shape index (κ2) is 40.7. The number of hydrogen-bond donors (Lipinski definition) is 5. The van der Waals surface area contributed by atoms with Crippen LogP contribution in [0.2, 0.25) is 0 Å². The van der Waals surface area contributed by atoms with Crippen LogP contribution in [0.1, 0.15) is 109 Å². The number of aliphatic hydroxyl groups is 1. The van der Waals surface area contributed by atoms with E-state index in [4.69, 9.17) is 56.8 Å². The Hall–Kier alpha value is -7.71. The molecule has 1 aliphatic heterocycles. The lowest BCUT2D eigenvalue weighted by Crippen LogP contribution is -2.74. The Morgan fingerprint density at radius 1 is 0.682 bits per heavy atom. The van der Waals surface area contributed by atoms with E-state index in [2.05, 4.69) is 31.3 Å². The monoisotopic (exact) mass is 1230 g/mol. The van der Waals surface area contributed by atoms with E-state index in [0.717, 1.165) is 31.4 Å². The highest BCUT2D eigenvalue weighted by Gasteiger charge is 2.56. The highest BCUT2D eigenvalue weighted by Crippen LogP contribution is 2.33. The quantitative estimate of drug-likeness (QED) is 0.00689. The minimum Gasteiger partial charge on any atom is -0.463 e. The predicted octanol–water partition coefficient (Wildman–Crippen LogP) is 7.88. The number of ether oxygens (including phenoxy) is 12. The molecular formula is C62H87N7O19. The van der Waals surface area contributed by atoms with Gasteiger partial charge in [0.2, 0.25) is 5.91 Å². The number of nitrogens with zero attached hydrogens (tertiary/aromatic N) is 3. The number of unbranched alkanes of at least 4 members (excludes halogenated alkanes) is 3. The van der Waals surface area contributed by atoms with E-state index in [1.54, 1.807) is 30.3 Å². The molecule has 26 nitrogen and oxygen atoms in total. The Balaban J connectivity index is 1.59. The molecule has 0 spiro atoms. The molecule has 11 atom stereocenters. The molecule has 0 radical (unpaired) electrons. The van der Waals surface area contributed by atoms with E-state index in [-0.39, 0.29) is 71.7 Å². The summed E-state index contributed by atoms with van der Waals surface area (Å²) in [6.45, 7) is 6.82. The maximum atomic E-state index is 15.1. The summed E-state index contributed by atoms with van der Waals surface area (Å²) in [6, 6.07) is 24.3. The van der Waals surface area contributed by atoms with Crippen LogP contribution in [0.25, 0.3) is 10.4 Å². The molecule has 88 heavy (non-hydrogen) atoms. The van der Waals surface area contributed by atoms with Gasteiger partial charge in [0, 0.05) is 51.5 Å². The minimum atomic E-state index is -1.90. The molecule has 3 aromatic rings. The number of alkyl carbamates (subject to hydrolysis) is 3. The van der Waals surface area contributed by atoms with Gasteiger partial charge in [-0.25, -0.2) is 14.4 Å². The molecule has 4 amide bonds. The van der Waals surface area contributed by atoms with Crippen molar-refractivity contribution in [3.8, 4) is 0 Å². The van der Waals surface area contributed by atoms with Crippen molar-refractivity contribution in [2.24, 2.45) is 5.11 Å². The van der Waals surface area contributed by atoms with Crippen LogP contribution < -0.4 is 21.3 Å². The number of rotatable bonds is 39. The van der Waals surface area contributed by atoms with E-state index >= 15 is 4.79 Å². The van der Waals surface area contributed by atoms with E-state index in [0.29, 0.717) is 50.5 Å². The third-order valence-corrected chi connectivity index (χ3v) is 13.8. The average Bonchev–Trinajstić information content (AvgIpc) is 1.54. The summed E-state index contributed by atoms with van der Waals surface area (Å²) in [5.41, 5.74) is 11.6. The number of nitrogens with one attached hydrogen (secondary N) is 4. The molecule has 1 aliphatic carbocycles. The number of aliphatic hydroxyl groups excluding tert-OH is 1. The number of esters is 2. The van der Waals surface area contributed by atoms with Crippen molar-refractivity contribution < 1.29 is 90.7 Å². The van der Waals surface area contributed by atoms with Crippen LogP contribution in [0.5, 0.6) is 0 Å². The van der Waals surface area contributed by atoms with Crippen molar-refractivity contribution in [3.63, 3.8) is 0 Å². The lowest BCUT2D eigenvalue weighted by molar-refractivity contribution is -0.277. The Bertz CT molecular complexity index is 2620. The molecule has 1 fully saturated rings. The first-order valence-corrected chi connectivity index (χ1v) is 30.0. The third-order valence-electron chi connectivity index (χ3n) is 13.8. The van der Waals surface area contributed by atoms with Crippen molar-refractivity contribution in [2.45, 2.75) is 179 Å². The zero-order valence-corrected chi connectivity index (χ0v) is 50.9. The lowest BCUT2D eigenvalue weighted by Gasteiger charge is -2.50. The maximum Gasteiger partial charge on any atom is 0.407 e.